The van der Waals surface area contributed by atoms with Crippen LogP contribution in [0, 0.1) is 0 Å². The number of pyridine rings is 1. The highest BCUT2D eigenvalue weighted by atomic mass is 35.5. The summed E-state index contributed by atoms with van der Waals surface area (Å²) in [5.74, 6) is -0.659. The van der Waals surface area contributed by atoms with Crippen molar-refractivity contribution in [3.63, 3.8) is 0 Å². The topological polar surface area (TPSA) is 73.7 Å². The number of hydrogen-bond donors (Lipinski definition) is 1. The van der Waals surface area contributed by atoms with Crippen LogP contribution < -0.4 is 4.90 Å². The molecule has 102 valence electrons. The van der Waals surface area contributed by atoms with Crippen LogP contribution in [-0.4, -0.2) is 53.5 Å². The fourth-order valence-corrected chi connectivity index (χ4v) is 2.15. The van der Waals surface area contributed by atoms with E-state index in [-0.39, 0.29) is 23.2 Å². The number of carboxylic acid groups (broad SMARTS) is 1. The number of carbonyl (C=O) groups is 2. The summed E-state index contributed by atoms with van der Waals surface area (Å²) in [6, 6.07) is 2.73. The zero-order valence-corrected chi connectivity index (χ0v) is 11.2. The van der Waals surface area contributed by atoms with Crippen LogP contribution in [0.4, 0.5) is 5.82 Å². The van der Waals surface area contributed by atoms with Gasteiger partial charge in [0.25, 0.3) is 0 Å². The van der Waals surface area contributed by atoms with Gasteiger partial charge in [0.2, 0.25) is 5.91 Å². The number of anilines is 1. The molecule has 1 aliphatic rings. The van der Waals surface area contributed by atoms with E-state index in [0.29, 0.717) is 18.9 Å². The van der Waals surface area contributed by atoms with E-state index in [1.807, 2.05) is 0 Å². The Labute approximate surface area is 115 Å². The van der Waals surface area contributed by atoms with E-state index in [1.54, 1.807) is 16.8 Å². The first-order chi connectivity index (χ1) is 8.97. The number of halogens is 1. The Morgan fingerprint density at radius 2 is 2.16 bits per heavy atom. The van der Waals surface area contributed by atoms with Crippen LogP contribution in [0.1, 0.15) is 16.8 Å². The van der Waals surface area contributed by atoms with Gasteiger partial charge in [-0.3, -0.25) is 4.79 Å². The third kappa shape index (κ3) is 3.14. The maximum atomic E-state index is 11.8. The van der Waals surface area contributed by atoms with Gasteiger partial charge in [0.1, 0.15) is 11.0 Å². The van der Waals surface area contributed by atoms with E-state index in [0.717, 1.165) is 6.42 Å². The lowest BCUT2D eigenvalue weighted by atomic mass is 10.2. The van der Waals surface area contributed by atoms with E-state index in [2.05, 4.69) is 4.98 Å². The standard InChI is InChI=1S/C12H14ClN3O3/c1-15-3-2-4-16(7-11(15)17)10-6-8(12(18)19)5-9(13)14-10/h5-6H,2-4,7H2,1H3,(H,18,19). The van der Waals surface area contributed by atoms with Gasteiger partial charge in [0.05, 0.1) is 12.1 Å². The number of carbonyl (C=O) groups excluding carboxylic acids is 1. The van der Waals surface area contributed by atoms with Crippen molar-refractivity contribution in [3.05, 3.63) is 22.8 Å². The van der Waals surface area contributed by atoms with Crippen LogP contribution >= 0.6 is 11.6 Å². The number of nitrogens with zero attached hydrogens (tertiary/aromatic N) is 3. The van der Waals surface area contributed by atoms with Crippen LogP contribution in [-0.2, 0) is 4.79 Å². The lowest BCUT2D eigenvalue weighted by Crippen LogP contribution is -2.34. The Kier molecular flexibility index (Phi) is 3.90. The highest BCUT2D eigenvalue weighted by Crippen LogP contribution is 2.20. The smallest absolute Gasteiger partial charge is 0.335 e. The van der Waals surface area contributed by atoms with E-state index < -0.39 is 5.97 Å². The van der Waals surface area contributed by atoms with Gasteiger partial charge in [-0.2, -0.15) is 0 Å². The Balaban J connectivity index is 2.30. The zero-order valence-electron chi connectivity index (χ0n) is 10.5. The highest BCUT2D eigenvalue weighted by molar-refractivity contribution is 6.29. The summed E-state index contributed by atoms with van der Waals surface area (Å²) >= 11 is 5.82. The molecule has 0 spiro atoms. The molecule has 2 heterocycles. The van der Waals surface area contributed by atoms with Crippen LogP contribution in [0.5, 0.6) is 0 Å². The maximum absolute atomic E-state index is 11.8. The van der Waals surface area contributed by atoms with Crippen LogP contribution in [0.25, 0.3) is 0 Å². The largest absolute Gasteiger partial charge is 0.478 e. The SMILES string of the molecule is CN1CCCN(c2cc(C(=O)O)cc(Cl)n2)CC1=O. The number of aromatic carboxylic acids is 1. The first kappa shape index (κ1) is 13.6. The molecule has 6 nitrogen and oxygen atoms in total. The molecule has 0 radical (unpaired) electrons. The second-order valence-electron chi connectivity index (χ2n) is 4.43. The van der Waals surface area contributed by atoms with Crippen molar-refractivity contribution in [2.75, 3.05) is 31.6 Å². The first-order valence-corrected chi connectivity index (χ1v) is 6.25. The molecule has 1 amide bonds. The molecule has 0 aliphatic carbocycles. The van der Waals surface area contributed by atoms with Gasteiger partial charge in [-0.1, -0.05) is 11.6 Å². The lowest BCUT2D eigenvalue weighted by molar-refractivity contribution is -0.127. The molecule has 0 saturated carbocycles. The van der Waals surface area contributed by atoms with E-state index in [9.17, 15) is 9.59 Å². The van der Waals surface area contributed by atoms with Crippen LogP contribution in [0.15, 0.2) is 12.1 Å². The summed E-state index contributed by atoms with van der Waals surface area (Å²) in [6.45, 7) is 1.51. The van der Waals surface area contributed by atoms with Crippen molar-refractivity contribution in [2.45, 2.75) is 6.42 Å². The minimum absolute atomic E-state index is 0.0175. The second-order valence-corrected chi connectivity index (χ2v) is 4.82. The maximum Gasteiger partial charge on any atom is 0.335 e. The Bertz CT molecular complexity index is 521. The highest BCUT2D eigenvalue weighted by Gasteiger charge is 2.21. The molecule has 0 aromatic carbocycles. The fourth-order valence-electron chi connectivity index (χ4n) is 1.95. The zero-order chi connectivity index (χ0) is 14.0. The van der Waals surface area contributed by atoms with Gasteiger partial charge in [0.15, 0.2) is 0 Å². The Hall–Kier alpha value is -1.82. The van der Waals surface area contributed by atoms with Crippen molar-refractivity contribution in [1.82, 2.24) is 9.88 Å². The van der Waals surface area contributed by atoms with Crippen molar-refractivity contribution in [1.29, 1.82) is 0 Å². The lowest BCUT2D eigenvalue weighted by Gasteiger charge is -2.21. The fraction of sp³-hybridized carbons (Fsp3) is 0.417. The number of amides is 1. The molecule has 2 rings (SSSR count). The monoisotopic (exact) mass is 283 g/mol. The molecule has 19 heavy (non-hydrogen) atoms. The second kappa shape index (κ2) is 5.44. The third-order valence-electron chi connectivity index (χ3n) is 3.02. The number of hydrogen-bond acceptors (Lipinski definition) is 4. The number of rotatable bonds is 2. The summed E-state index contributed by atoms with van der Waals surface area (Å²) in [5, 5.41) is 9.11. The molecule has 0 bridgehead atoms. The summed E-state index contributed by atoms with van der Waals surface area (Å²) in [7, 11) is 1.75. The summed E-state index contributed by atoms with van der Waals surface area (Å²) < 4.78 is 0. The molecule has 1 aromatic heterocycles. The van der Waals surface area contributed by atoms with E-state index >= 15 is 0 Å². The quantitative estimate of drug-likeness (QED) is 0.823. The van der Waals surface area contributed by atoms with Crippen molar-refractivity contribution in [3.8, 4) is 0 Å². The van der Waals surface area contributed by atoms with Crippen molar-refractivity contribution >= 4 is 29.3 Å². The third-order valence-corrected chi connectivity index (χ3v) is 3.22. The predicted molar refractivity (Wildman–Crippen MR) is 70.7 cm³/mol. The molecule has 1 saturated heterocycles. The van der Waals surface area contributed by atoms with Crippen LogP contribution in [0.3, 0.4) is 0 Å². The molecular weight excluding hydrogens is 270 g/mol. The predicted octanol–water partition coefficient (Wildman–Crippen LogP) is 1.10. The molecule has 7 heteroatoms. The number of aromatic nitrogens is 1. The van der Waals surface area contributed by atoms with Gasteiger partial charge in [0, 0.05) is 20.1 Å². The Morgan fingerprint density at radius 1 is 1.42 bits per heavy atom. The molecular formula is C12H14ClN3O3. The molecule has 1 fully saturated rings. The molecule has 1 aliphatic heterocycles. The van der Waals surface area contributed by atoms with Crippen molar-refractivity contribution < 1.29 is 14.7 Å². The van der Waals surface area contributed by atoms with Gasteiger partial charge < -0.3 is 14.9 Å². The van der Waals surface area contributed by atoms with E-state index in [4.69, 9.17) is 16.7 Å². The summed E-state index contributed by atoms with van der Waals surface area (Å²) in [5.41, 5.74) is 0.0695. The average molecular weight is 284 g/mol. The number of likely N-dealkylation sites (N-methyl/N-ethyl adjacent to an activating group) is 1. The first-order valence-electron chi connectivity index (χ1n) is 5.87. The average Bonchev–Trinajstić information content (AvgIpc) is 2.51. The molecule has 0 unspecified atom stereocenters. The molecule has 1 N–H and O–H groups in total. The normalized spacial score (nSPS) is 16.4. The van der Waals surface area contributed by atoms with Crippen LogP contribution in [0.2, 0.25) is 5.15 Å². The number of carboxylic acids is 1. The van der Waals surface area contributed by atoms with E-state index in [1.165, 1.54) is 12.1 Å². The van der Waals surface area contributed by atoms with Gasteiger partial charge in [-0.15, -0.1) is 0 Å². The minimum atomic E-state index is -1.07. The summed E-state index contributed by atoms with van der Waals surface area (Å²) in [6.07, 6.45) is 0.804. The van der Waals surface area contributed by atoms with Gasteiger partial charge >= 0.3 is 5.97 Å². The van der Waals surface area contributed by atoms with Crippen molar-refractivity contribution in [2.24, 2.45) is 0 Å². The van der Waals surface area contributed by atoms with Gasteiger partial charge in [-0.05, 0) is 18.6 Å². The minimum Gasteiger partial charge on any atom is -0.478 e. The molecule has 0 atom stereocenters. The summed E-state index contributed by atoms with van der Waals surface area (Å²) in [4.78, 5) is 30.3. The Morgan fingerprint density at radius 3 is 2.84 bits per heavy atom. The van der Waals surface area contributed by atoms with Gasteiger partial charge in [-0.25, -0.2) is 9.78 Å². The molecule has 1 aromatic rings.